The van der Waals surface area contributed by atoms with E-state index < -0.39 is 0 Å². The van der Waals surface area contributed by atoms with E-state index in [1.54, 1.807) is 5.56 Å². The fourth-order valence-corrected chi connectivity index (χ4v) is 4.89. The smallest absolute Gasteiger partial charge is 0.0529 e. The zero-order valence-corrected chi connectivity index (χ0v) is 17.6. The molecule has 0 aliphatic carbocycles. The van der Waals surface area contributed by atoms with Gasteiger partial charge in [0.2, 0.25) is 0 Å². The molecule has 0 atom stereocenters. The molecule has 3 aromatic rings. The molecule has 0 amide bonds. The molecular weight excluding hydrogens is 356 g/mol. The highest BCUT2D eigenvalue weighted by Gasteiger charge is 2.21. The lowest BCUT2D eigenvalue weighted by Crippen LogP contribution is -2.21. The molecule has 150 valence electrons. The zero-order chi connectivity index (χ0) is 19.8. The van der Waals surface area contributed by atoms with Crippen LogP contribution in [0.4, 0.5) is 5.69 Å². The van der Waals surface area contributed by atoms with Crippen LogP contribution >= 0.6 is 0 Å². The van der Waals surface area contributed by atoms with E-state index in [0.29, 0.717) is 0 Å². The molecule has 1 aromatic carbocycles. The number of fused-ring (bicyclic) bond motifs is 3. The minimum atomic E-state index is 1.10. The fraction of sp³-hybridized carbons (Fsp3) is 0.400. The Morgan fingerprint density at radius 2 is 1.72 bits per heavy atom. The molecule has 4 heteroatoms. The second kappa shape index (κ2) is 7.68. The summed E-state index contributed by atoms with van der Waals surface area (Å²) in [5, 5.41) is 1.44. The monoisotopic (exact) mass is 386 g/mol. The summed E-state index contributed by atoms with van der Waals surface area (Å²) in [6.45, 7) is 6.84. The quantitative estimate of drug-likeness (QED) is 0.653. The van der Waals surface area contributed by atoms with Gasteiger partial charge < -0.3 is 14.4 Å². The number of likely N-dealkylation sites (N-methyl/N-ethyl adjacent to an activating group) is 1. The van der Waals surface area contributed by atoms with Crippen molar-refractivity contribution in [2.75, 3.05) is 38.1 Å². The average Bonchev–Trinajstić information content (AvgIpc) is 3.33. The molecule has 5 rings (SSSR count). The maximum atomic E-state index is 4.17. The van der Waals surface area contributed by atoms with Gasteiger partial charge >= 0.3 is 0 Å². The van der Waals surface area contributed by atoms with Gasteiger partial charge in [0, 0.05) is 68.0 Å². The van der Waals surface area contributed by atoms with Gasteiger partial charge in [0.25, 0.3) is 0 Å². The summed E-state index contributed by atoms with van der Waals surface area (Å²) in [6, 6.07) is 11.3. The zero-order valence-electron chi connectivity index (χ0n) is 17.6. The third-order valence-corrected chi connectivity index (χ3v) is 6.61. The Morgan fingerprint density at radius 1 is 0.966 bits per heavy atom. The second-order valence-electron chi connectivity index (χ2n) is 8.54. The fourth-order valence-electron chi connectivity index (χ4n) is 4.89. The lowest BCUT2D eigenvalue weighted by Gasteiger charge is -2.18. The summed E-state index contributed by atoms with van der Waals surface area (Å²) in [6.07, 6.45) is 10.9. The van der Waals surface area contributed by atoms with Gasteiger partial charge in [-0.2, -0.15) is 0 Å². The normalized spacial score (nSPS) is 18.3. The van der Waals surface area contributed by atoms with Crippen LogP contribution in [0.2, 0.25) is 0 Å². The van der Waals surface area contributed by atoms with Crippen LogP contribution in [0.1, 0.15) is 36.6 Å². The van der Waals surface area contributed by atoms with E-state index in [-0.39, 0.29) is 0 Å². The maximum absolute atomic E-state index is 4.17. The van der Waals surface area contributed by atoms with Crippen molar-refractivity contribution in [2.24, 2.45) is 0 Å². The molecule has 2 aliphatic rings. The first-order valence-electron chi connectivity index (χ1n) is 10.9. The number of rotatable bonds is 3. The standard InChI is InChI=1S/C25H30N4/c1-19(20-7-11-26-12-8-20)18-29-24-6-5-21(28-13-3-4-14-28)17-23(24)22-9-15-27(2)16-10-25(22)29/h5-8,11-12,17-18H,3-4,9-10,13-16H2,1-2H3/b19-18+. The van der Waals surface area contributed by atoms with Crippen LogP contribution in [-0.2, 0) is 12.8 Å². The van der Waals surface area contributed by atoms with Crippen LogP contribution < -0.4 is 4.90 Å². The third kappa shape index (κ3) is 3.46. The van der Waals surface area contributed by atoms with Crippen molar-refractivity contribution in [3.05, 3.63) is 59.5 Å². The lowest BCUT2D eigenvalue weighted by molar-refractivity contribution is 0.351. The number of pyridine rings is 1. The van der Waals surface area contributed by atoms with E-state index in [0.717, 1.165) is 25.9 Å². The van der Waals surface area contributed by atoms with Crippen LogP contribution in [0, 0.1) is 0 Å². The van der Waals surface area contributed by atoms with Crippen molar-refractivity contribution in [1.82, 2.24) is 14.5 Å². The SMILES string of the molecule is C/C(=C\n1c2c(c3cc(N4CCCC4)ccc31)CCN(C)CC2)c1ccncc1. The number of aromatic nitrogens is 2. The molecule has 2 aromatic heterocycles. The molecule has 0 bridgehead atoms. The van der Waals surface area contributed by atoms with E-state index in [9.17, 15) is 0 Å². The molecule has 0 radical (unpaired) electrons. The highest BCUT2D eigenvalue weighted by Crippen LogP contribution is 2.34. The van der Waals surface area contributed by atoms with Crippen LogP contribution in [0.3, 0.4) is 0 Å². The molecule has 0 N–H and O–H groups in total. The third-order valence-electron chi connectivity index (χ3n) is 6.61. The van der Waals surface area contributed by atoms with Gasteiger partial charge in [-0.1, -0.05) is 0 Å². The van der Waals surface area contributed by atoms with E-state index in [2.05, 4.69) is 69.9 Å². The largest absolute Gasteiger partial charge is 0.372 e. The number of nitrogens with zero attached hydrogens (tertiary/aromatic N) is 4. The molecule has 1 fully saturated rings. The first-order valence-corrected chi connectivity index (χ1v) is 10.9. The second-order valence-corrected chi connectivity index (χ2v) is 8.54. The molecule has 29 heavy (non-hydrogen) atoms. The predicted molar refractivity (Wildman–Crippen MR) is 122 cm³/mol. The minimum absolute atomic E-state index is 1.10. The molecular formula is C25H30N4. The number of allylic oxidation sites excluding steroid dienone is 1. The summed E-state index contributed by atoms with van der Waals surface area (Å²) in [7, 11) is 2.24. The Bertz CT molecular complexity index is 1040. The van der Waals surface area contributed by atoms with Crippen molar-refractivity contribution in [3.63, 3.8) is 0 Å². The summed E-state index contributed by atoms with van der Waals surface area (Å²) < 4.78 is 2.47. The number of benzene rings is 1. The highest BCUT2D eigenvalue weighted by atomic mass is 15.1. The summed E-state index contributed by atoms with van der Waals surface area (Å²) >= 11 is 0. The highest BCUT2D eigenvalue weighted by molar-refractivity contribution is 5.92. The van der Waals surface area contributed by atoms with Gasteiger partial charge in [-0.25, -0.2) is 0 Å². The molecule has 1 saturated heterocycles. The summed E-state index contributed by atoms with van der Waals surface area (Å²) in [4.78, 5) is 9.17. The summed E-state index contributed by atoms with van der Waals surface area (Å²) in [5.74, 6) is 0. The molecule has 2 aliphatic heterocycles. The number of anilines is 1. The molecule has 4 heterocycles. The topological polar surface area (TPSA) is 24.3 Å². The van der Waals surface area contributed by atoms with Crippen molar-refractivity contribution >= 4 is 28.4 Å². The van der Waals surface area contributed by atoms with Crippen LogP contribution in [0.15, 0.2) is 42.7 Å². The van der Waals surface area contributed by atoms with Gasteiger partial charge in [0.15, 0.2) is 0 Å². The van der Waals surface area contributed by atoms with Crippen molar-refractivity contribution in [3.8, 4) is 0 Å². The van der Waals surface area contributed by atoms with Gasteiger partial charge in [-0.15, -0.1) is 0 Å². The van der Waals surface area contributed by atoms with E-state index in [1.165, 1.54) is 59.4 Å². The van der Waals surface area contributed by atoms with E-state index in [4.69, 9.17) is 0 Å². The summed E-state index contributed by atoms with van der Waals surface area (Å²) in [5.41, 5.74) is 8.27. The van der Waals surface area contributed by atoms with Crippen molar-refractivity contribution < 1.29 is 0 Å². The van der Waals surface area contributed by atoms with Crippen molar-refractivity contribution in [2.45, 2.75) is 32.6 Å². The molecule has 0 spiro atoms. The average molecular weight is 387 g/mol. The number of hydrogen-bond donors (Lipinski definition) is 0. The Balaban J connectivity index is 1.66. The minimum Gasteiger partial charge on any atom is -0.372 e. The maximum Gasteiger partial charge on any atom is 0.0529 e. The lowest BCUT2D eigenvalue weighted by atomic mass is 10.1. The van der Waals surface area contributed by atoms with Gasteiger partial charge in [-0.05, 0) is 80.3 Å². The Morgan fingerprint density at radius 3 is 2.52 bits per heavy atom. The van der Waals surface area contributed by atoms with E-state index >= 15 is 0 Å². The predicted octanol–water partition coefficient (Wildman–Crippen LogP) is 4.68. The molecule has 0 saturated carbocycles. The molecule has 4 nitrogen and oxygen atoms in total. The molecule has 0 unspecified atom stereocenters. The van der Waals surface area contributed by atoms with Gasteiger partial charge in [0.1, 0.15) is 0 Å². The Kier molecular flexibility index (Phi) is 4.88. The van der Waals surface area contributed by atoms with E-state index in [1.807, 2.05) is 12.4 Å². The first kappa shape index (κ1) is 18.4. The van der Waals surface area contributed by atoms with Crippen LogP contribution in [-0.4, -0.2) is 47.7 Å². The van der Waals surface area contributed by atoms with Gasteiger partial charge in [-0.3, -0.25) is 4.98 Å². The van der Waals surface area contributed by atoms with Crippen LogP contribution in [0.25, 0.3) is 22.7 Å². The Labute approximate surface area is 173 Å². The van der Waals surface area contributed by atoms with Crippen LogP contribution in [0.5, 0.6) is 0 Å². The van der Waals surface area contributed by atoms with Gasteiger partial charge in [0.05, 0.1) is 5.52 Å². The van der Waals surface area contributed by atoms with Crippen molar-refractivity contribution in [1.29, 1.82) is 0 Å². The first-order chi connectivity index (χ1) is 14.2. The number of hydrogen-bond acceptors (Lipinski definition) is 3. The Hall–Kier alpha value is -2.59.